The summed E-state index contributed by atoms with van der Waals surface area (Å²) in [6.07, 6.45) is 4.21. The van der Waals surface area contributed by atoms with Gasteiger partial charge in [0.1, 0.15) is 6.10 Å². The number of aliphatic hydroxyl groups is 2. The van der Waals surface area contributed by atoms with Crippen LogP contribution < -0.4 is 5.32 Å². The maximum Gasteiger partial charge on any atom is 0.173 e. The van der Waals surface area contributed by atoms with Gasteiger partial charge in [-0.15, -0.1) is 0 Å². The molecule has 0 aromatic heterocycles. The molecule has 1 saturated heterocycles. The van der Waals surface area contributed by atoms with Crippen LogP contribution in [0.25, 0.3) is 0 Å². The Bertz CT molecular complexity index is 809. The van der Waals surface area contributed by atoms with E-state index in [0.29, 0.717) is 6.42 Å². The Hall–Kier alpha value is -1.31. The summed E-state index contributed by atoms with van der Waals surface area (Å²) in [6.45, 7) is 5.71. The number of carbonyl (C=O) groups is 1. The highest BCUT2D eigenvalue weighted by atomic mass is 19.1. The molecule has 1 aliphatic heterocycles. The van der Waals surface area contributed by atoms with Gasteiger partial charge in [0.2, 0.25) is 0 Å². The van der Waals surface area contributed by atoms with Crippen molar-refractivity contribution >= 4 is 11.5 Å². The van der Waals surface area contributed by atoms with Crippen LogP contribution in [0.1, 0.15) is 52.4 Å². The first kappa shape index (κ1) is 21.5. The number of nitrogens with zero attached hydrogens (tertiary/aromatic N) is 1. The monoisotopic (exact) mass is 434 g/mol. The van der Waals surface area contributed by atoms with Crippen molar-refractivity contribution in [2.24, 2.45) is 39.7 Å². The molecule has 5 rings (SSSR count). The molecule has 0 radical (unpaired) electrons. The van der Waals surface area contributed by atoms with E-state index in [9.17, 15) is 19.4 Å². The summed E-state index contributed by atoms with van der Waals surface area (Å²) in [5.74, 6) is -0.853. The standard InChI is InChI=1S/C24H35FN2O4/c1-23-6-3-13(27-31-14-5-8-26-11-14)9-17(23)15(12-28)21(29)20-16(23)4-7-24(2)18(20)10-19(25)22(24)30/h9,14-16,18-21,26,28-29H,3-8,10-12H2,1-2H3/b27-13+. The summed E-state index contributed by atoms with van der Waals surface area (Å²) in [4.78, 5) is 18.4. The van der Waals surface area contributed by atoms with E-state index in [4.69, 9.17) is 4.84 Å². The van der Waals surface area contributed by atoms with Crippen molar-refractivity contribution in [1.82, 2.24) is 5.32 Å². The first-order valence-corrected chi connectivity index (χ1v) is 11.9. The van der Waals surface area contributed by atoms with Crippen LogP contribution in [0, 0.1) is 34.5 Å². The molecule has 0 amide bonds. The Labute approximate surface area is 183 Å². The smallest absolute Gasteiger partial charge is 0.173 e. The summed E-state index contributed by atoms with van der Waals surface area (Å²) in [7, 11) is 0. The zero-order chi connectivity index (χ0) is 22.0. The third kappa shape index (κ3) is 3.14. The number of rotatable bonds is 3. The predicted octanol–water partition coefficient (Wildman–Crippen LogP) is 2.39. The molecular weight excluding hydrogens is 399 g/mol. The van der Waals surface area contributed by atoms with Crippen molar-refractivity contribution in [1.29, 1.82) is 0 Å². The third-order valence-electron chi connectivity index (χ3n) is 9.47. The van der Waals surface area contributed by atoms with Crippen molar-refractivity contribution in [2.75, 3.05) is 19.7 Å². The highest BCUT2D eigenvalue weighted by molar-refractivity contribution is 5.96. The van der Waals surface area contributed by atoms with E-state index < -0.39 is 23.6 Å². The predicted molar refractivity (Wildman–Crippen MR) is 114 cm³/mol. The van der Waals surface area contributed by atoms with E-state index in [-0.39, 0.29) is 48.1 Å². The number of carbonyl (C=O) groups excluding carboxylic acids is 1. The van der Waals surface area contributed by atoms with E-state index in [1.165, 1.54) is 0 Å². The second kappa shape index (κ2) is 7.63. The number of aliphatic hydroxyl groups excluding tert-OH is 2. The number of ketones is 1. The lowest BCUT2D eigenvalue weighted by Gasteiger charge is -2.60. The number of nitrogens with one attached hydrogen (secondary N) is 1. The molecule has 4 fully saturated rings. The van der Waals surface area contributed by atoms with Crippen LogP contribution in [0.3, 0.4) is 0 Å². The summed E-state index contributed by atoms with van der Waals surface area (Å²) in [5, 5.41) is 29.4. The highest BCUT2D eigenvalue weighted by Crippen LogP contribution is 2.65. The zero-order valence-corrected chi connectivity index (χ0v) is 18.5. The number of Topliss-reactive ketones (excluding diaryl/α,β-unsaturated/α-hetero) is 1. The molecule has 9 atom stereocenters. The number of allylic oxidation sites excluding steroid dienone is 1. The number of halogens is 1. The Morgan fingerprint density at radius 3 is 2.77 bits per heavy atom. The van der Waals surface area contributed by atoms with Gasteiger partial charge in [-0.3, -0.25) is 4.79 Å². The van der Waals surface area contributed by atoms with Gasteiger partial charge in [0.15, 0.2) is 12.0 Å². The summed E-state index contributed by atoms with van der Waals surface area (Å²) in [6, 6.07) is 0. The molecule has 4 aliphatic carbocycles. The fourth-order valence-corrected chi connectivity index (χ4v) is 7.64. The first-order valence-electron chi connectivity index (χ1n) is 11.9. The maximum absolute atomic E-state index is 14.5. The van der Waals surface area contributed by atoms with E-state index in [2.05, 4.69) is 17.4 Å². The second-order valence-corrected chi connectivity index (χ2v) is 10.9. The number of hydrogen-bond donors (Lipinski definition) is 3. The third-order valence-corrected chi connectivity index (χ3v) is 9.47. The normalized spacial score (nSPS) is 50.6. The zero-order valence-electron chi connectivity index (χ0n) is 18.5. The van der Waals surface area contributed by atoms with Gasteiger partial charge in [-0.2, -0.15) is 0 Å². The van der Waals surface area contributed by atoms with Crippen LogP contribution >= 0.6 is 0 Å². The first-order chi connectivity index (χ1) is 14.8. The van der Waals surface area contributed by atoms with Gasteiger partial charge in [0, 0.05) is 24.3 Å². The molecule has 9 unspecified atom stereocenters. The molecule has 1 heterocycles. The van der Waals surface area contributed by atoms with Crippen molar-refractivity contribution < 1.29 is 24.2 Å². The SMILES string of the molecule is CC12CCC3C(C(O)C(CO)C4=C/C(=N/OC5CCNC5)CCC43C)C1CC(F)C2=O. The molecule has 5 aliphatic rings. The van der Waals surface area contributed by atoms with Gasteiger partial charge in [0.05, 0.1) is 18.4 Å². The summed E-state index contributed by atoms with van der Waals surface area (Å²) < 4.78 is 14.5. The van der Waals surface area contributed by atoms with Crippen molar-refractivity contribution in [3.63, 3.8) is 0 Å². The van der Waals surface area contributed by atoms with Gasteiger partial charge in [-0.1, -0.05) is 24.6 Å². The Kier molecular flexibility index (Phi) is 5.30. The molecule has 31 heavy (non-hydrogen) atoms. The Morgan fingerprint density at radius 1 is 1.26 bits per heavy atom. The molecule has 0 bridgehead atoms. The number of oxime groups is 1. The van der Waals surface area contributed by atoms with Crippen LogP contribution in [0.5, 0.6) is 0 Å². The van der Waals surface area contributed by atoms with Crippen molar-refractivity contribution in [2.45, 2.75) is 70.8 Å². The van der Waals surface area contributed by atoms with Gasteiger partial charge in [-0.05, 0) is 67.9 Å². The van der Waals surface area contributed by atoms with E-state index >= 15 is 0 Å². The largest absolute Gasteiger partial charge is 0.396 e. The van der Waals surface area contributed by atoms with E-state index in [1.54, 1.807) is 0 Å². The van der Waals surface area contributed by atoms with Gasteiger partial charge in [-0.25, -0.2) is 4.39 Å². The molecule has 7 heteroatoms. The topological polar surface area (TPSA) is 91.2 Å². The number of alkyl halides is 1. The van der Waals surface area contributed by atoms with Crippen LogP contribution in [-0.2, 0) is 9.63 Å². The van der Waals surface area contributed by atoms with Crippen LogP contribution in [0.2, 0.25) is 0 Å². The van der Waals surface area contributed by atoms with Crippen LogP contribution in [0.4, 0.5) is 4.39 Å². The summed E-state index contributed by atoms with van der Waals surface area (Å²) in [5.41, 5.74) is 1.03. The Balaban J connectivity index is 1.47. The molecule has 172 valence electrons. The summed E-state index contributed by atoms with van der Waals surface area (Å²) >= 11 is 0. The molecule has 3 saturated carbocycles. The lowest BCUT2D eigenvalue weighted by Crippen LogP contribution is -2.59. The highest BCUT2D eigenvalue weighted by Gasteiger charge is 2.65. The number of hydrogen-bond acceptors (Lipinski definition) is 6. The van der Waals surface area contributed by atoms with E-state index in [0.717, 1.165) is 50.1 Å². The molecule has 0 aromatic carbocycles. The average Bonchev–Trinajstić information content (AvgIpc) is 3.35. The van der Waals surface area contributed by atoms with Crippen LogP contribution in [-0.4, -0.2) is 59.8 Å². The number of fused-ring (bicyclic) bond motifs is 5. The maximum atomic E-state index is 14.5. The quantitative estimate of drug-likeness (QED) is 0.594. The average molecular weight is 435 g/mol. The minimum atomic E-state index is -1.43. The molecule has 0 aromatic rings. The van der Waals surface area contributed by atoms with Gasteiger partial charge in [0.25, 0.3) is 0 Å². The second-order valence-electron chi connectivity index (χ2n) is 10.9. The molecule has 3 N–H and O–H groups in total. The van der Waals surface area contributed by atoms with Crippen LogP contribution in [0.15, 0.2) is 16.8 Å². The Morgan fingerprint density at radius 2 is 2.06 bits per heavy atom. The molecule has 6 nitrogen and oxygen atoms in total. The van der Waals surface area contributed by atoms with Crippen molar-refractivity contribution in [3.05, 3.63) is 11.6 Å². The van der Waals surface area contributed by atoms with Crippen molar-refractivity contribution in [3.8, 4) is 0 Å². The fourth-order valence-electron chi connectivity index (χ4n) is 7.64. The lowest BCUT2D eigenvalue weighted by atomic mass is 9.45. The fraction of sp³-hybridized carbons (Fsp3) is 0.833. The molecular formula is C24H35FN2O4. The molecule has 0 spiro atoms. The van der Waals surface area contributed by atoms with Gasteiger partial charge < -0.3 is 20.4 Å². The lowest BCUT2D eigenvalue weighted by molar-refractivity contribution is -0.146. The minimum absolute atomic E-state index is 0.0961. The van der Waals surface area contributed by atoms with Gasteiger partial charge >= 0.3 is 0 Å². The minimum Gasteiger partial charge on any atom is -0.396 e. The van der Waals surface area contributed by atoms with E-state index in [1.807, 2.05) is 13.0 Å².